The lowest BCUT2D eigenvalue weighted by Gasteiger charge is -2.32. The van der Waals surface area contributed by atoms with E-state index in [0.29, 0.717) is 12.4 Å². The minimum atomic E-state index is -0.269. The van der Waals surface area contributed by atoms with Crippen LogP contribution in [0.2, 0.25) is 0 Å². The van der Waals surface area contributed by atoms with Crippen LogP contribution < -0.4 is 16.6 Å². The number of hydrazine groups is 1. The zero-order valence-corrected chi connectivity index (χ0v) is 11.2. The summed E-state index contributed by atoms with van der Waals surface area (Å²) < 4.78 is 0. The molecule has 0 radical (unpaired) electrons. The number of amides is 1. The van der Waals surface area contributed by atoms with E-state index >= 15 is 0 Å². The number of nitrogens with two attached hydrogens (primary N) is 1. The van der Waals surface area contributed by atoms with Crippen LogP contribution in [0.3, 0.4) is 0 Å². The molecule has 100 valence electrons. The summed E-state index contributed by atoms with van der Waals surface area (Å²) in [7, 11) is 3.93. The maximum Gasteiger partial charge on any atom is 0.271 e. The predicted octanol–water partition coefficient (Wildman–Crippen LogP) is -0.168. The summed E-state index contributed by atoms with van der Waals surface area (Å²) in [5.41, 5.74) is 2.45. The quantitative estimate of drug-likeness (QED) is 0.497. The number of rotatable bonds is 5. The molecule has 0 atom stereocenters. The van der Waals surface area contributed by atoms with Gasteiger partial charge < -0.3 is 15.6 Å². The van der Waals surface area contributed by atoms with Gasteiger partial charge in [-0.15, -0.1) is 0 Å². The molecule has 1 aromatic rings. The van der Waals surface area contributed by atoms with Crippen molar-refractivity contribution in [3.8, 4) is 0 Å². The van der Waals surface area contributed by atoms with Crippen LogP contribution in [-0.4, -0.2) is 47.0 Å². The number of hydrogen-bond donors (Lipinski definition) is 3. The Kier molecular flexibility index (Phi) is 4.57. The maximum absolute atomic E-state index is 11.9. The molecule has 1 rings (SSSR count). The zero-order valence-electron chi connectivity index (χ0n) is 11.2. The lowest BCUT2D eigenvalue weighted by molar-refractivity contribution is 0.0914. The Hall–Kier alpha value is -1.73. The zero-order chi connectivity index (χ0) is 13.8. The van der Waals surface area contributed by atoms with E-state index in [9.17, 15) is 4.79 Å². The molecule has 0 aliphatic carbocycles. The van der Waals surface area contributed by atoms with Crippen molar-refractivity contribution in [2.75, 3.05) is 26.1 Å². The Balaban J connectivity index is 2.66. The van der Waals surface area contributed by atoms with Gasteiger partial charge in [-0.1, -0.05) is 0 Å². The molecule has 0 saturated heterocycles. The summed E-state index contributed by atoms with van der Waals surface area (Å²) in [5, 5.41) is 2.82. The van der Waals surface area contributed by atoms with Gasteiger partial charge >= 0.3 is 0 Å². The number of nitrogen functional groups attached to an aromatic ring is 1. The van der Waals surface area contributed by atoms with E-state index in [1.165, 1.54) is 12.4 Å². The minimum Gasteiger partial charge on any atom is -0.349 e. The summed E-state index contributed by atoms with van der Waals surface area (Å²) in [6, 6.07) is 0. The first-order chi connectivity index (χ1) is 8.36. The third-order valence-corrected chi connectivity index (χ3v) is 2.91. The second kappa shape index (κ2) is 5.74. The number of hydrogen-bond acceptors (Lipinski definition) is 6. The number of carbonyl (C=O) groups excluding carboxylic acids is 1. The van der Waals surface area contributed by atoms with E-state index in [4.69, 9.17) is 5.84 Å². The van der Waals surface area contributed by atoms with E-state index in [1.807, 2.05) is 32.8 Å². The largest absolute Gasteiger partial charge is 0.349 e. The molecule has 0 unspecified atom stereocenters. The number of aromatic nitrogens is 2. The smallest absolute Gasteiger partial charge is 0.271 e. The van der Waals surface area contributed by atoms with Crippen LogP contribution in [0.5, 0.6) is 0 Å². The Bertz CT molecular complexity index is 418. The molecule has 0 saturated carbocycles. The molecule has 4 N–H and O–H groups in total. The van der Waals surface area contributed by atoms with Gasteiger partial charge in [-0.05, 0) is 27.9 Å². The van der Waals surface area contributed by atoms with Crippen LogP contribution in [0.1, 0.15) is 24.3 Å². The monoisotopic (exact) mass is 252 g/mol. The van der Waals surface area contributed by atoms with Crippen LogP contribution in [0.4, 0.5) is 5.82 Å². The SMILES string of the molecule is CN(C)C(C)(C)CNC(=O)c1cncc(NN)n1. The van der Waals surface area contributed by atoms with Gasteiger partial charge in [0, 0.05) is 12.1 Å². The minimum absolute atomic E-state index is 0.132. The van der Waals surface area contributed by atoms with Gasteiger partial charge in [0.25, 0.3) is 5.91 Å². The molecular weight excluding hydrogens is 232 g/mol. The molecule has 7 heteroatoms. The van der Waals surface area contributed by atoms with Crippen molar-refractivity contribution in [1.82, 2.24) is 20.2 Å². The number of nitrogens with zero attached hydrogens (tertiary/aromatic N) is 3. The number of likely N-dealkylation sites (N-methyl/N-ethyl adjacent to an activating group) is 1. The molecule has 0 aliphatic rings. The normalized spacial score (nSPS) is 11.4. The van der Waals surface area contributed by atoms with Gasteiger partial charge in [-0.3, -0.25) is 9.78 Å². The van der Waals surface area contributed by atoms with Gasteiger partial charge in [-0.2, -0.15) is 0 Å². The summed E-state index contributed by atoms with van der Waals surface area (Å²) >= 11 is 0. The van der Waals surface area contributed by atoms with E-state index in [0.717, 1.165) is 0 Å². The van der Waals surface area contributed by atoms with Crippen molar-refractivity contribution in [3.05, 3.63) is 18.1 Å². The number of anilines is 1. The first kappa shape index (κ1) is 14.3. The molecule has 0 aromatic carbocycles. The fourth-order valence-electron chi connectivity index (χ4n) is 1.09. The Morgan fingerprint density at radius 2 is 2.11 bits per heavy atom. The molecule has 1 aromatic heterocycles. The first-order valence-electron chi connectivity index (χ1n) is 5.61. The van der Waals surface area contributed by atoms with E-state index in [2.05, 4.69) is 20.7 Å². The highest BCUT2D eigenvalue weighted by Crippen LogP contribution is 2.08. The first-order valence-corrected chi connectivity index (χ1v) is 5.61. The Morgan fingerprint density at radius 1 is 1.44 bits per heavy atom. The van der Waals surface area contributed by atoms with E-state index in [-0.39, 0.29) is 17.1 Å². The number of nitrogens with one attached hydrogen (secondary N) is 2. The van der Waals surface area contributed by atoms with Gasteiger partial charge in [0.15, 0.2) is 5.82 Å². The van der Waals surface area contributed by atoms with Crippen molar-refractivity contribution >= 4 is 11.7 Å². The predicted molar refractivity (Wildman–Crippen MR) is 69.9 cm³/mol. The highest BCUT2D eigenvalue weighted by molar-refractivity contribution is 5.92. The Labute approximate surface area is 107 Å². The van der Waals surface area contributed by atoms with Crippen LogP contribution in [0.15, 0.2) is 12.4 Å². The molecule has 0 aliphatic heterocycles. The van der Waals surface area contributed by atoms with Crippen molar-refractivity contribution in [2.45, 2.75) is 19.4 Å². The van der Waals surface area contributed by atoms with Gasteiger partial charge in [0.2, 0.25) is 0 Å². The second-order valence-electron chi connectivity index (χ2n) is 4.82. The fourth-order valence-corrected chi connectivity index (χ4v) is 1.09. The third kappa shape index (κ3) is 3.64. The van der Waals surface area contributed by atoms with Crippen LogP contribution >= 0.6 is 0 Å². The molecule has 1 heterocycles. The highest BCUT2D eigenvalue weighted by atomic mass is 16.1. The lowest BCUT2D eigenvalue weighted by Crippen LogP contribution is -2.48. The third-order valence-electron chi connectivity index (χ3n) is 2.91. The van der Waals surface area contributed by atoms with Crippen molar-refractivity contribution in [1.29, 1.82) is 0 Å². The molecular formula is C11H20N6O. The molecule has 18 heavy (non-hydrogen) atoms. The van der Waals surface area contributed by atoms with Crippen LogP contribution in [-0.2, 0) is 0 Å². The van der Waals surface area contributed by atoms with Crippen molar-refractivity contribution in [2.24, 2.45) is 5.84 Å². The average Bonchev–Trinajstić information content (AvgIpc) is 2.36. The summed E-state index contributed by atoms with van der Waals surface area (Å²) in [6.45, 7) is 4.59. The summed E-state index contributed by atoms with van der Waals surface area (Å²) in [5.74, 6) is 5.30. The maximum atomic E-state index is 11.9. The fraction of sp³-hybridized carbons (Fsp3) is 0.545. The summed E-state index contributed by atoms with van der Waals surface area (Å²) in [4.78, 5) is 21.8. The molecule has 0 spiro atoms. The van der Waals surface area contributed by atoms with E-state index < -0.39 is 0 Å². The van der Waals surface area contributed by atoms with Gasteiger partial charge in [0.05, 0.1) is 12.4 Å². The second-order valence-corrected chi connectivity index (χ2v) is 4.82. The molecule has 1 amide bonds. The van der Waals surface area contributed by atoms with Crippen molar-refractivity contribution < 1.29 is 4.79 Å². The molecule has 0 bridgehead atoms. The Morgan fingerprint density at radius 3 is 2.67 bits per heavy atom. The van der Waals surface area contributed by atoms with Gasteiger partial charge in [-0.25, -0.2) is 10.8 Å². The molecule has 7 nitrogen and oxygen atoms in total. The summed E-state index contributed by atoms with van der Waals surface area (Å²) in [6.07, 6.45) is 2.85. The number of carbonyl (C=O) groups is 1. The highest BCUT2D eigenvalue weighted by Gasteiger charge is 2.21. The van der Waals surface area contributed by atoms with Crippen LogP contribution in [0.25, 0.3) is 0 Å². The van der Waals surface area contributed by atoms with Gasteiger partial charge in [0.1, 0.15) is 5.69 Å². The van der Waals surface area contributed by atoms with E-state index in [1.54, 1.807) is 0 Å². The average molecular weight is 252 g/mol. The van der Waals surface area contributed by atoms with Crippen molar-refractivity contribution in [3.63, 3.8) is 0 Å². The van der Waals surface area contributed by atoms with Crippen LogP contribution in [0, 0.1) is 0 Å². The lowest BCUT2D eigenvalue weighted by atomic mass is 10.0. The standard InChI is InChI=1S/C11H20N6O/c1-11(2,17(3)4)7-14-10(18)8-5-13-6-9(15-8)16-12/h5-6H,7,12H2,1-4H3,(H,14,18)(H,15,16). The molecule has 0 fully saturated rings. The topological polar surface area (TPSA) is 96.2 Å².